The average molecular weight is 578 g/mol. The molecule has 0 aliphatic rings. The molecule has 210 valence electrons. The molecule has 4 heterocycles. The zero-order valence-electron chi connectivity index (χ0n) is 23.9. The Morgan fingerprint density at radius 2 is 1.13 bits per heavy atom. The van der Waals surface area contributed by atoms with Gasteiger partial charge in [0, 0.05) is 32.7 Å². The van der Waals surface area contributed by atoms with Crippen molar-refractivity contribution in [3.8, 4) is 28.3 Å². The van der Waals surface area contributed by atoms with Gasteiger partial charge in [0.1, 0.15) is 28.0 Å². The Balaban J connectivity index is 1.30. The monoisotopic (exact) mass is 577 g/mol. The number of nitrogens with zero attached hydrogens (tertiary/aromatic N) is 3. The highest BCUT2D eigenvalue weighted by atomic mass is 16.3. The lowest BCUT2D eigenvalue weighted by atomic mass is 10.1. The van der Waals surface area contributed by atoms with Crippen LogP contribution in [0.15, 0.2) is 148 Å². The molecule has 0 N–H and O–H groups in total. The molecule has 10 aromatic rings. The van der Waals surface area contributed by atoms with E-state index in [1.165, 1.54) is 0 Å². The normalized spacial score (nSPS) is 12.0. The largest absolute Gasteiger partial charge is 0.455 e. The van der Waals surface area contributed by atoms with Gasteiger partial charge in [-0.3, -0.25) is 0 Å². The number of rotatable bonds is 3. The summed E-state index contributed by atoms with van der Waals surface area (Å²) in [6.07, 6.45) is 0. The quantitative estimate of drug-likeness (QED) is 0.210. The molecule has 45 heavy (non-hydrogen) atoms. The van der Waals surface area contributed by atoms with E-state index in [0.717, 1.165) is 82.7 Å². The summed E-state index contributed by atoms with van der Waals surface area (Å²) in [5, 5.41) is 5.43. The van der Waals surface area contributed by atoms with Crippen LogP contribution in [0.3, 0.4) is 0 Å². The first-order valence-electron chi connectivity index (χ1n) is 15.0. The molecule has 0 radical (unpaired) electrons. The van der Waals surface area contributed by atoms with Crippen LogP contribution in [0, 0.1) is 0 Å². The van der Waals surface area contributed by atoms with Gasteiger partial charge in [-0.25, -0.2) is 9.97 Å². The summed E-state index contributed by atoms with van der Waals surface area (Å²) in [4.78, 5) is 10.4. The Morgan fingerprint density at radius 1 is 0.467 bits per heavy atom. The molecule has 6 aromatic carbocycles. The lowest BCUT2D eigenvalue weighted by Gasteiger charge is -2.14. The first-order valence-corrected chi connectivity index (χ1v) is 15.0. The number of hydrogen-bond donors (Lipinski definition) is 0. The number of aromatic nitrogens is 3. The van der Waals surface area contributed by atoms with E-state index in [0.29, 0.717) is 11.4 Å². The Bertz CT molecular complexity index is 2770. The van der Waals surface area contributed by atoms with Crippen molar-refractivity contribution in [3.63, 3.8) is 0 Å². The van der Waals surface area contributed by atoms with Crippen LogP contribution in [-0.2, 0) is 0 Å². The minimum absolute atomic E-state index is 0.638. The second-order valence-electron chi connectivity index (χ2n) is 11.3. The number of hydrogen-bond acceptors (Lipinski definition) is 4. The summed E-state index contributed by atoms with van der Waals surface area (Å²) in [6, 6.07) is 47.8. The Kier molecular flexibility index (Phi) is 4.93. The number of furan rings is 2. The molecule has 0 aliphatic heterocycles. The second-order valence-corrected chi connectivity index (χ2v) is 11.3. The van der Waals surface area contributed by atoms with Crippen LogP contribution in [0.25, 0.3) is 94.1 Å². The van der Waals surface area contributed by atoms with Crippen LogP contribution >= 0.6 is 0 Å². The fraction of sp³-hybridized carbons (Fsp3) is 0. The predicted molar refractivity (Wildman–Crippen MR) is 182 cm³/mol. The van der Waals surface area contributed by atoms with Crippen molar-refractivity contribution in [1.82, 2.24) is 14.5 Å². The third kappa shape index (κ3) is 3.43. The highest BCUT2D eigenvalue weighted by Crippen LogP contribution is 2.42. The van der Waals surface area contributed by atoms with Crippen molar-refractivity contribution in [2.24, 2.45) is 0 Å². The SMILES string of the molecule is c1ccc(-c2nc(-c3ccccc3-n3c4ccccc4c4c5oc6ccccc6c5ccc43)nc3c2oc2ccccc23)cc1. The van der Waals surface area contributed by atoms with Crippen LogP contribution in [0.5, 0.6) is 0 Å². The molecule has 0 amide bonds. The predicted octanol–water partition coefficient (Wildman–Crippen LogP) is 10.7. The number of fused-ring (bicyclic) bond motifs is 10. The fourth-order valence-corrected chi connectivity index (χ4v) is 6.86. The van der Waals surface area contributed by atoms with Gasteiger partial charge in [-0.2, -0.15) is 0 Å². The first kappa shape index (κ1) is 24.3. The fourth-order valence-electron chi connectivity index (χ4n) is 6.86. The molecule has 0 saturated heterocycles. The topological polar surface area (TPSA) is 57.0 Å². The van der Waals surface area contributed by atoms with E-state index in [1.54, 1.807) is 0 Å². The van der Waals surface area contributed by atoms with Crippen molar-refractivity contribution >= 4 is 65.8 Å². The van der Waals surface area contributed by atoms with E-state index >= 15 is 0 Å². The lowest BCUT2D eigenvalue weighted by molar-refractivity contribution is 0.667. The molecule has 0 bridgehead atoms. The van der Waals surface area contributed by atoms with E-state index in [4.69, 9.17) is 18.8 Å². The van der Waals surface area contributed by atoms with Gasteiger partial charge in [-0.1, -0.05) is 91.0 Å². The van der Waals surface area contributed by atoms with Crippen LogP contribution in [0.1, 0.15) is 0 Å². The minimum Gasteiger partial charge on any atom is -0.455 e. The van der Waals surface area contributed by atoms with Gasteiger partial charge < -0.3 is 13.4 Å². The summed E-state index contributed by atoms with van der Waals surface area (Å²) in [5.74, 6) is 0.638. The van der Waals surface area contributed by atoms with Crippen molar-refractivity contribution in [2.75, 3.05) is 0 Å². The van der Waals surface area contributed by atoms with Gasteiger partial charge in [0.2, 0.25) is 0 Å². The molecule has 0 spiro atoms. The van der Waals surface area contributed by atoms with Crippen LogP contribution in [0.4, 0.5) is 0 Å². The third-order valence-electron chi connectivity index (χ3n) is 8.83. The summed E-state index contributed by atoms with van der Waals surface area (Å²) >= 11 is 0. The summed E-state index contributed by atoms with van der Waals surface area (Å²) in [6.45, 7) is 0. The van der Waals surface area contributed by atoms with Gasteiger partial charge in [-0.05, 0) is 48.5 Å². The van der Waals surface area contributed by atoms with E-state index in [9.17, 15) is 0 Å². The van der Waals surface area contributed by atoms with Gasteiger partial charge in [-0.15, -0.1) is 0 Å². The van der Waals surface area contributed by atoms with Crippen LogP contribution in [-0.4, -0.2) is 14.5 Å². The van der Waals surface area contributed by atoms with Gasteiger partial charge >= 0.3 is 0 Å². The maximum absolute atomic E-state index is 6.53. The zero-order chi connectivity index (χ0) is 29.5. The second kappa shape index (κ2) is 9.15. The van der Waals surface area contributed by atoms with Crippen molar-refractivity contribution in [2.45, 2.75) is 0 Å². The first-order chi connectivity index (χ1) is 22.3. The average Bonchev–Trinajstić information content (AvgIpc) is 3.78. The van der Waals surface area contributed by atoms with Crippen molar-refractivity contribution < 1.29 is 8.83 Å². The standard InChI is InChI=1S/C40H23N3O2/c1-2-12-24(13-3-1)36-39-37(29-17-7-11-21-34(29)45-39)42-40(41-36)28-16-5-9-19-31(28)43-30-18-8-4-15-27(30)35-32(43)23-22-26-25-14-6-10-20-33(25)44-38(26)35/h1-23H. The van der Waals surface area contributed by atoms with Crippen molar-refractivity contribution in [3.05, 3.63) is 140 Å². The third-order valence-corrected chi connectivity index (χ3v) is 8.83. The Labute approximate surface area is 256 Å². The maximum Gasteiger partial charge on any atom is 0.180 e. The van der Waals surface area contributed by atoms with Crippen molar-refractivity contribution in [1.29, 1.82) is 0 Å². The summed E-state index contributed by atoms with van der Waals surface area (Å²) in [5.41, 5.74) is 9.89. The molecule has 0 atom stereocenters. The lowest BCUT2D eigenvalue weighted by Crippen LogP contribution is -2.00. The Hall–Kier alpha value is -6.20. The zero-order valence-corrected chi connectivity index (χ0v) is 23.9. The molecular weight excluding hydrogens is 554 g/mol. The minimum atomic E-state index is 0.638. The highest BCUT2D eigenvalue weighted by molar-refractivity contribution is 6.24. The number of para-hydroxylation sites is 4. The van der Waals surface area contributed by atoms with E-state index in [-0.39, 0.29) is 0 Å². The van der Waals surface area contributed by atoms with E-state index in [2.05, 4.69) is 89.5 Å². The van der Waals surface area contributed by atoms with E-state index < -0.39 is 0 Å². The van der Waals surface area contributed by atoms with Gasteiger partial charge in [0.15, 0.2) is 11.4 Å². The van der Waals surface area contributed by atoms with Crippen LogP contribution < -0.4 is 0 Å². The summed E-state index contributed by atoms with van der Waals surface area (Å²) < 4.78 is 15.2. The van der Waals surface area contributed by atoms with Crippen LogP contribution in [0.2, 0.25) is 0 Å². The smallest absolute Gasteiger partial charge is 0.180 e. The maximum atomic E-state index is 6.53. The van der Waals surface area contributed by atoms with E-state index in [1.807, 2.05) is 54.6 Å². The molecule has 0 aliphatic carbocycles. The number of benzene rings is 6. The summed E-state index contributed by atoms with van der Waals surface area (Å²) in [7, 11) is 0. The molecule has 10 rings (SSSR count). The molecule has 0 unspecified atom stereocenters. The molecule has 5 nitrogen and oxygen atoms in total. The molecule has 0 saturated carbocycles. The highest BCUT2D eigenvalue weighted by Gasteiger charge is 2.23. The molecule has 5 heteroatoms. The van der Waals surface area contributed by atoms with Gasteiger partial charge in [0.05, 0.1) is 22.1 Å². The molecule has 0 fully saturated rings. The Morgan fingerprint density at radius 3 is 2.00 bits per heavy atom. The molecule has 4 aromatic heterocycles. The molecular formula is C40H23N3O2. The van der Waals surface area contributed by atoms with Gasteiger partial charge in [0.25, 0.3) is 0 Å².